The molecule has 5 heteroatoms. The number of aryl methyl sites for hydroxylation is 1. The Bertz CT molecular complexity index is 259. The van der Waals surface area contributed by atoms with E-state index in [0.29, 0.717) is 16.4 Å². The Morgan fingerprint density at radius 2 is 2.17 bits per heavy atom. The van der Waals surface area contributed by atoms with Crippen LogP contribution in [0.2, 0.25) is 0 Å². The van der Waals surface area contributed by atoms with E-state index in [1.54, 1.807) is 6.92 Å². The largest absolute Gasteiger partial charge is 0.391 e. The summed E-state index contributed by atoms with van der Waals surface area (Å²) in [4.78, 5) is 2.50. The lowest BCUT2D eigenvalue weighted by Crippen LogP contribution is -2.34. The highest BCUT2D eigenvalue weighted by Crippen LogP contribution is 2.18. The summed E-state index contributed by atoms with van der Waals surface area (Å²) in [6.07, 6.45) is 2.29. The summed E-state index contributed by atoms with van der Waals surface area (Å²) in [5.41, 5.74) is 0.673. The van der Waals surface area contributed by atoms with Crippen molar-refractivity contribution in [2.75, 3.05) is 18.0 Å². The molecule has 66 valence electrons. The number of rotatable bonds is 1. The Kier molecular flexibility index (Phi) is 1.64. The van der Waals surface area contributed by atoms with Crippen molar-refractivity contribution >= 4 is 5.82 Å². The SMILES string of the molecule is Cc1no[n+]([O-])c1N1CCCC1. The summed E-state index contributed by atoms with van der Waals surface area (Å²) in [6.45, 7) is 3.65. The summed E-state index contributed by atoms with van der Waals surface area (Å²) in [5.74, 6) is 0.576. The zero-order valence-electron chi connectivity index (χ0n) is 6.99. The van der Waals surface area contributed by atoms with Gasteiger partial charge in [0.1, 0.15) is 0 Å². The molecule has 0 bridgehead atoms. The van der Waals surface area contributed by atoms with Crippen LogP contribution in [0, 0.1) is 12.1 Å². The van der Waals surface area contributed by atoms with Gasteiger partial charge in [0.05, 0.1) is 13.1 Å². The second kappa shape index (κ2) is 2.66. The van der Waals surface area contributed by atoms with E-state index in [2.05, 4.69) is 9.79 Å². The molecule has 0 spiro atoms. The first-order valence-corrected chi connectivity index (χ1v) is 4.10. The van der Waals surface area contributed by atoms with Crippen LogP contribution in [-0.2, 0) is 0 Å². The van der Waals surface area contributed by atoms with Crippen LogP contribution in [0.3, 0.4) is 0 Å². The molecule has 2 heterocycles. The van der Waals surface area contributed by atoms with E-state index in [1.165, 1.54) is 0 Å². The van der Waals surface area contributed by atoms with Gasteiger partial charge in [0.2, 0.25) is 5.69 Å². The predicted octanol–water partition coefficient (Wildman–Crippen LogP) is 0.217. The van der Waals surface area contributed by atoms with Gasteiger partial charge >= 0.3 is 0 Å². The van der Waals surface area contributed by atoms with Gasteiger partial charge in [-0.2, -0.15) is 0 Å². The average molecular weight is 169 g/mol. The van der Waals surface area contributed by atoms with E-state index in [1.807, 2.05) is 4.90 Å². The van der Waals surface area contributed by atoms with Crippen LogP contribution in [-0.4, -0.2) is 18.2 Å². The van der Waals surface area contributed by atoms with Crippen LogP contribution in [0.4, 0.5) is 5.82 Å². The van der Waals surface area contributed by atoms with E-state index >= 15 is 0 Å². The fraction of sp³-hybridized carbons (Fsp3) is 0.714. The molecule has 0 saturated carbocycles. The van der Waals surface area contributed by atoms with Gasteiger partial charge < -0.3 is 9.84 Å². The summed E-state index contributed by atoms with van der Waals surface area (Å²) < 4.78 is 4.48. The Morgan fingerprint density at radius 1 is 1.50 bits per heavy atom. The van der Waals surface area contributed by atoms with E-state index in [-0.39, 0.29) is 0 Å². The molecule has 0 aliphatic carbocycles. The lowest BCUT2D eigenvalue weighted by molar-refractivity contribution is -0.792. The normalized spacial score (nSPS) is 17.2. The van der Waals surface area contributed by atoms with Gasteiger partial charge in [-0.05, 0) is 18.0 Å². The Morgan fingerprint density at radius 3 is 2.67 bits per heavy atom. The van der Waals surface area contributed by atoms with Crippen LogP contribution in [0.25, 0.3) is 0 Å². The molecule has 0 amide bonds. The van der Waals surface area contributed by atoms with E-state index in [0.717, 1.165) is 25.9 Å². The maximum atomic E-state index is 11.1. The van der Waals surface area contributed by atoms with Crippen LogP contribution < -0.4 is 9.80 Å². The zero-order valence-corrected chi connectivity index (χ0v) is 6.99. The van der Waals surface area contributed by atoms with Gasteiger partial charge in [0.25, 0.3) is 5.82 Å². The van der Waals surface area contributed by atoms with Crippen molar-refractivity contribution < 1.29 is 9.53 Å². The highest BCUT2D eigenvalue weighted by molar-refractivity contribution is 5.37. The van der Waals surface area contributed by atoms with Crippen molar-refractivity contribution in [3.8, 4) is 0 Å². The standard InChI is InChI=1S/C7H11N3O2/c1-6-7(10(11)12-8-6)9-4-2-3-5-9/h2-5H2,1H3. The lowest BCUT2D eigenvalue weighted by Gasteiger charge is -2.09. The summed E-state index contributed by atoms with van der Waals surface area (Å²) in [7, 11) is 0. The first-order chi connectivity index (χ1) is 5.79. The van der Waals surface area contributed by atoms with Crippen molar-refractivity contribution in [2.24, 2.45) is 0 Å². The minimum absolute atomic E-state index is 0.487. The molecule has 0 atom stereocenters. The quantitative estimate of drug-likeness (QED) is 0.564. The number of aromatic nitrogens is 2. The van der Waals surface area contributed by atoms with Gasteiger partial charge in [-0.25, -0.2) is 0 Å². The third-order valence-corrected chi connectivity index (χ3v) is 2.15. The topological polar surface area (TPSA) is 56.2 Å². The van der Waals surface area contributed by atoms with E-state index in [4.69, 9.17) is 0 Å². The zero-order chi connectivity index (χ0) is 8.55. The molecule has 2 rings (SSSR count). The molecule has 0 N–H and O–H groups in total. The first kappa shape index (κ1) is 7.39. The maximum absolute atomic E-state index is 11.1. The van der Waals surface area contributed by atoms with Gasteiger partial charge in [-0.1, -0.05) is 4.90 Å². The van der Waals surface area contributed by atoms with E-state index in [9.17, 15) is 5.21 Å². The van der Waals surface area contributed by atoms with Gasteiger partial charge in [0.15, 0.2) is 0 Å². The maximum Gasteiger partial charge on any atom is 0.299 e. The number of nitrogens with zero attached hydrogens (tertiary/aromatic N) is 3. The fourth-order valence-corrected chi connectivity index (χ4v) is 1.58. The average Bonchev–Trinajstić information content (AvgIpc) is 2.61. The third-order valence-electron chi connectivity index (χ3n) is 2.15. The monoisotopic (exact) mass is 169 g/mol. The molecule has 0 aromatic carbocycles. The molecule has 0 radical (unpaired) electrons. The predicted molar refractivity (Wildman–Crippen MR) is 41.6 cm³/mol. The highest BCUT2D eigenvalue weighted by Gasteiger charge is 2.25. The molecule has 12 heavy (non-hydrogen) atoms. The smallest absolute Gasteiger partial charge is 0.299 e. The van der Waals surface area contributed by atoms with Gasteiger partial charge in [-0.3, -0.25) is 4.90 Å². The molecule has 1 aromatic rings. The molecular weight excluding hydrogens is 158 g/mol. The summed E-state index contributed by atoms with van der Waals surface area (Å²) in [6, 6.07) is 0. The Labute approximate surface area is 70.1 Å². The van der Waals surface area contributed by atoms with E-state index < -0.39 is 0 Å². The summed E-state index contributed by atoms with van der Waals surface area (Å²) in [5, 5.41) is 14.7. The molecule has 0 unspecified atom stereocenters. The molecular formula is C7H11N3O2. The highest BCUT2D eigenvalue weighted by atomic mass is 16.8. The lowest BCUT2D eigenvalue weighted by atomic mass is 10.4. The minimum Gasteiger partial charge on any atom is -0.391 e. The van der Waals surface area contributed by atoms with Crippen LogP contribution >= 0.6 is 0 Å². The van der Waals surface area contributed by atoms with Crippen LogP contribution in [0.5, 0.6) is 0 Å². The van der Waals surface area contributed by atoms with Crippen molar-refractivity contribution in [3.05, 3.63) is 10.9 Å². The van der Waals surface area contributed by atoms with Crippen molar-refractivity contribution in [3.63, 3.8) is 0 Å². The summed E-state index contributed by atoms with van der Waals surface area (Å²) >= 11 is 0. The third kappa shape index (κ3) is 1.01. The van der Waals surface area contributed by atoms with Crippen molar-refractivity contribution in [1.29, 1.82) is 0 Å². The molecule has 1 aliphatic rings. The second-order valence-corrected chi connectivity index (χ2v) is 3.03. The second-order valence-electron chi connectivity index (χ2n) is 3.03. The van der Waals surface area contributed by atoms with Gasteiger partial charge in [0, 0.05) is 6.92 Å². The fourth-order valence-electron chi connectivity index (χ4n) is 1.58. The van der Waals surface area contributed by atoms with Crippen molar-refractivity contribution in [2.45, 2.75) is 19.8 Å². The molecule has 1 saturated heterocycles. The van der Waals surface area contributed by atoms with Crippen molar-refractivity contribution in [1.82, 2.24) is 5.16 Å². The van der Waals surface area contributed by atoms with Gasteiger partial charge in [-0.15, -0.1) is 0 Å². The number of hydrogen-bond donors (Lipinski definition) is 0. The van der Waals surface area contributed by atoms with Crippen LogP contribution in [0.15, 0.2) is 4.63 Å². The Hall–Kier alpha value is -1.26. The molecule has 1 aliphatic heterocycles. The minimum atomic E-state index is 0.487. The Balaban J connectivity index is 2.30. The molecule has 1 aromatic heterocycles. The number of hydrogen-bond acceptors (Lipinski definition) is 4. The molecule has 1 fully saturated rings. The number of anilines is 1. The van der Waals surface area contributed by atoms with Crippen LogP contribution in [0.1, 0.15) is 18.5 Å². The first-order valence-electron chi connectivity index (χ1n) is 4.10. The molecule has 5 nitrogen and oxygen atoms in total.